The van der Waals surface area contributed by atoms with Crippen LogP contribution in [-0.4, -0.2) is 64.7 Å². The summed E-state index contributed by atoms with van der Waals surface area (Å²) in [5.74, 6) is 0.0247. The molecule has 2 aliphatic rings. The van der Waals surface area contributed by atoms with Crippen LogP contribution in [0.4, 0.5) is 0 Å². The molecule has 2 aliphatic heterocycles. The van der Waals surface area contributed by atoms with Crippen molar-refractivity contribution >= 4 is 27.5 Å². The van der Waals surface area contributed by atoms with Crippen molar-refractivity contribution in [3.8, 4) is 0 Å². The third kappa shape index (κ3) is 4.46. The smallest absolute Gasteiger partial charge is 0.276 e. The Balaban J connectivity index is 1.42. The molecule has 0 spiro atoms. The Morgan fingerprint density at radius 2 is 1.97 bits per heavy atom. The van der Waals surface area contributed by atoms with Gasteiger partial charge in [-0.1, -0.05) is 22.9 Å². The minimum atomic E-state index is -3.59. The normalized spacial score (nSPS) is 20.9. The van der Waals surface area contributed by atoms with Crippen LogP contribution in [0.25, 0.3) is 0 Å². The van der Waals surface area contributed by atoms with E-state index < -0.39 is 10.0 Å². The summed E-state index contributed by atoms with van der Waals surface area (Å²) in [6.45, 7) is 2.96. The van der Waals surface area contributed by atoms with Gasteiger partial charge in [-0.25, -0.2) is 8.42 Å². The summed E-state index contributed by atoms with van der Waals surface area (Å²) < 4.78 is 29.1. The summed E-state index contributed by atoms with van der Waals surface area (Å²) in [7, 11) is -3.59. The molecule has 10 heteroatoms. The number of benzene rings is 1. The predicted molar refractivity (Wildman–Crippen MR) is 108 cm³/mol. The van der Waals surface area contributed by atoms with Crippen LogP contribution in [0.1, 0.15) is 36.2 Å². The highest BCUT2D eigenvalue weighted by atomic mass is 35.5. The van der Waals surface area contributed by atoms with Crippen LogP contribution >= 0.6 is 11.6 Å². The maximum atomic E-state index is 13.0. The van der Waals surface area contributed by atoms with Gasteiger partial charge in [0.25, 0.3) is 5.91 Å². The number of aromatic nitrogens is 3. The van der Waals surface area contributed by atoms with Crippen LogP contribution in [0.15, 0.2) is 35.4 Å². The van der Waals surface area contributed by atoms with Crippen LogP contribution in [0.3, 0.4) is 0 Å². The van der Waals surface area contributed by atoms with Crippen molar-refractivity contribution in [3.63, 3.8) is 0 Å². The Bertz CT molecular complexity index is 987. The highest BCUT2D eigenvalue weighted by Crippen LogP contribution is 2.26. The van der Waals surface area contributed by atoms with Crippen molar-refractivity contribution in [2.75, 3.05) is 26.2 Å². The van der Waals surface area contributed by atoms with Crippen molar-refractivity contribution in [2.24, 2.45) is 5.92 Å². The van der Waals surface area contributed by atoms with Crippen LogP contribution in [0.2, 0.25) is 5.02 Å². The minimum Gasteiger partial charge on any atom is -0.337 e. The molecule has 0 saturated carbocycles. The number of amides is 1. The maximum absolute atomic E-state index is 13.0. The fourth-order valence-corrected chi connectivity index (χ4v) is 5.86. The summed E-state index contributed by atoms with van der Waals surface area (Å²) in [4.78, 5) is 14.4. The second-order valence-electron chi connectivity index (χ2n) is 7.65. The maximum Gasteiger partial charge on any atom is 0.276 e. The first-order valence-corrected chi connectivity index (χ1v) is 11.7. The minimum absolute atomic E-state index is 0.0810. The first-order valence-electron chi connectivity index (χ1n) is 9.88. The third-order valence-electron chi connectivity index (χ3n) is 5.51. The second kappa shape index (κ2) is 8.41. The number of piperidine rings is 1. The molecule has 0 bridgehead atoms. The van der Waals surface area contributed by atoms with E-state index in [1.165, 1.54) is 10.4 Å². The van der Waals surface area contributed by atoms with Gasteiger partial charge in [-0.05, 0) is 49.8 Å². The molecule has 3 heterocycles. The second-order valence-corrected chi connectivity index (χ2v) is 10.0. The summed E-state index contributed by atoms with van der Waals surface area (Å²) in [5, 5.41) is 8.52. The summed E-state index contributed by atoms with van der Waals surface area (Å²) in [6, 6.07) is 6.35. The molecule has 1 amide bonds. The molecule has 0 N–H and O–H groups in total. The van der Waals surface area contributed by atoms with Gasteiger partial charge in [0, 0.05) is 37.7 Å². The highest BCUT2D eigenvalue weighted by Gasteiger charge is 2.31. The number of likely N-dealkylation sites (tertiary alicyclic amines) is 1. The number of nitrogens with zero attached hydrogens (tertiary/aromatic N) is 5. The molecular formula is C19H24ClN5O3S. The summed E-state index contributed by atoms with van der Waals surface area (Å²) in [5.41, 5.74) is 0.353. The van der Waals surface area contributed by atoms with Crippen molar-refractivity contribution in [1.29, 1.82) is 0 Å². The number of halogens is 1. The summed E-state index contributed by atoms with van der Waals surface area (Å²) in [6.07, 6.45) is 5.40. The SMILES string of the molecule is O=C(c1cn(CC2CCCN(S(=O)(=O)c3cccc(Cl)c3)C2)nn1)N1CCCC1. The average Bonchev–Trinajstić information content (AvgIpc) is 3.40. The molecule has 29 heavy (non-hydrogen) atoms. The van der Waals surface area contributed by atoms with Crippen molar-refractivity contribution in [2.45, 2.75) is 37.1 Å². The van der Waals surface area contributed by atoms with E-state index >= 15 is 0 Å². The van der Waals surface area contributed by atoms with Gasteiger partial charge in [-0.3, -0.25) is 9.48 Å². The van der Waals surface area contributed by atoms with Gasteiger partial charge >= 0.3 is 0 Å². The number of hydrogen-bond donors (Lipinski definition) is 0. The van der Waals surface area contributed by atoms with Crippen LogP contribution in [-0.2, 0) is 16.6 Å². The molecule has 1 aromatic carbocycles. The van der Waals surface area contributed by atoms with Gasteiger partial charge in [0.05, 0.1) is 11.1 Å². The molecule has 2 fully saturated rings. The van der Waals surface area contributed by atoms with Crippen LogP contribution < -0.4 is 0 Å². The standard InChI is InChI=1S/C19H24ClN5O3S/c20-16-6-3-7-17(11-16)29(27,28)25-10-4-5-15(13-25)12-24-14-18(21-22-24)19(26)23-8-1-2-9-23/h3,6-7,11,14-15H,1-2,4-5,8-10,12-13H2. The average molecular weight is 438 g/mol. The fraction of sp³-hybridized carbons (Fsp3) is 0.526. The van der Waals surface area contributed by atoms with E-state index in [0.717, 1.165) is 38.8 Å². The van der Waals surface area contributed by atoms with E-state index in [2.05, 4.69) is 10.3 Å². The van der Waals surface area contributed by atoms with E-state index in [0.29, 0.717) is 30.4 Å². The monoisotopic (exact) mass is 437 g/mol. The lowest BCUT2D eigenvalue weighted by Gasteiger charge is -2.31. The van der Waals surface area contributed by atoms with E-state index in [1.807, 2.05) is 0 Å². The first-order chi connectivity index (χ1) is 13.9. The van der Waals surface area contributed by atoms with E-state index in [-0.39, 0.29) is 16.7 Å². The number of sulfonamides is 1. The lowest BCUT2D eigenvalue weighted by atomic mass is 10.00. The molecule has 156 valence electrons. The van der Waals surface area contributed by atoms with E-state index in [1.54, 1.807) is 34.0 Å². The van der Waals surface area contributed by atoms with Crippen molar-refractivity contribution in [1.82, 2.24) is 24.2 Å². The molecule has 1 unspecified atom stereocenters. The lowest BCUT2D eigenvalue weighted by Crippen LogP contribution is -2.41. The van der Waals surface area contributed by atoms with Crippen molar-refractivity contribution in [3.05, 3.63) is 41.2 Å². The Labute approximate surface area is 175 Å². The van der Waals surface area contributed by atoms with Gasteiger partial charge in [0.1, 0.15) is 0 Å². The molecular weight excluding hydrogens is 414 g/mol. The third-order valence-corrected chi connectivity index (χ3v) is 7.61. The van der Waals surface area contributed by atoms with E-state index in [9.17, 15) is 13.2 Å². The first kappa shape index (κ1) is 20.3. The Hall–Kier alpha value is -1.97. The molecule has 2 saturated heterocycles. The number of carbonyl (C=O) groups is 1. The van der Waals surface area contributed by atoms with Crippen molar-refractivity contribution < 1.29 is 13.2 Å². The zero-order valence-corrected chi connectivity index (χ0v) is 17.6. The Kier molecular flexibility index (Phi) is 5.89. The van der Waals surface area contributed by atoms with E-state index in [4.69, 9.17) is 11.6 Å². The van der Waals surface area contributed by atoms with Crippen LogP contribution in [0, 0.1) is 5.92 Å². The molecule has 0 radical (unpaired) electrons. The molecule has 2 aromatic rings. The molecule has 8 nitrogen and oxygen atoms in total. The largest absolute Gasteiger partial charge is 0.337 e. The number of carbonyl (C=O) groups excluding carboxylic acids is 1. The summed E-state index contributed by atoms with van der Waals surface area (Å²) >= 11 is 5.97. The molecule has 0 aliphatic carbocycles. The zero-order valence-electron chi connectivity index (χ0n) is 16.1. The quantitative estimate of drug-likeness (QED) is 0.715. The van der Waals surface area contributed by atoms with Gasteiger partial charge in [0.2, 0.25) is 10.0 Å². The molecule has 1 aromatic heterocycles. The van der Waals surface area contributed by atoms with Gasteiger partial charge in [-0.2, -0.15) is 4.31 Å². The fourth-order valence-electron chi connectivity index (χ4n) is 4.00. The van der Waals surface area contributed by atoms with Gasteiger partial charge in [-0.15, -0.1) is 5.10 Å². The van der Waals surface area contributed by atoms with Gasteiger partial charge in [0.15, 0.2) is 5.69 Å². The Morgan fingerprint density at radius 1 is 1.17 bits per heavy atom. The highest BCUT2D eigenvalue weighted by molar-refractivity contribution is 7.89. The molecule has 4 rings (SSSR count). The Morgan fingerprint density at radius 3 is 2.72 bits per heavy atom. The zero-order chi connectivity index (χ0) is 20.4. The topological polar surface area (TPSA) is 88.4 Å². The molecule has 1 atom stereocenters. The van der Waals surface area contributed by atoms with Gasteiger partial charge < -0.3 is 4.90 Å². The van der Waals surface area contributed by atoms with Crippen LogP contribution in [0.5, 0.6) is 0 Å². The number of rotatable bonds is 5. The number of hydrogen-bond acceptors (Lipinski definition) is 5. The predicted octanol–water partition coefficient (Wildman–Crippen LogP) is 2.27. The lowest BCUT2D eigenvalue weighted by molar-refractivity contribution is 0.0787.